The predicted octanol–water partition coefficient (Wildman–Crippen LogP) is 1.83. The molecule has 0 aliphatic carbocycles. The van der Waals surface area contributed by atoms with Crippen molar-refractivity contribution >= 4 is 17.8 Å². The highest BCUT2D eigenvalue weighted by Gasteiger charge is 2.47. The summed E-state index contributed by atoms with van der Waals surface area (Å²) < 4.78 is 5.26. The maximum atomic E-state index is 12.5. The van der Waals surface area contributed by atoms with Gasteiger partial charge in [0.25, 0.3) is 11.8 Å². The van der Waals surface area contributed by atoms with Gasteiger partial charge in [-0.1, -0.05) is 26.0 Å². The molecule has 1 aliphatic heterocycles. The van der Waals surface area contributed by atoms with Gasteiger partial charge in [0, 0.05) is 6.04 Å². The maximum Gasteiger partial charge on any atom is 0.344 e. The van der Waals surface area contributed by atoms with Crippen molar-refractivity contribution in [1.82, 2.24) is 20.7 Å². The monoisotopic (exact) mass is 376 g/mol. The second-order valence-corrected chi connectivity index (χ2v) is 6.81. The van der Waals surface area contributed by atoms with Crippen LogP contribution in [0.1, 0.15) is 45.7 Å². The Morgan fingerprint density at radius 3 is 2.63 bits per heavy atom. The maximum absolute atomic E-state index is 12.5. The average molecular weight is 376 g/mol. The number of ether oxygens (including phenoxy) is 1. The van der Waals surface area contributed by atoms with Gasteiger partial charge >= 0.3 is 6.03 Å². The number of hydrogen-bond donors (Lipinski definition) is 2. The SMILES string of the molecule is CCN(CC(=O)NN1C(=O)N[C@@](C)(CC)C1=O)[C@H](C)c1cccc(OC)c1. The number of carbonyl (C=O) groups is 3. The van der Waals surface area contributed by atoms with Crippen LogP contribution in [0.4, 0.5) is 4.79 Å². The van der Waals surface area contributed by atoms with E-state index >= 15 is 0 Å². The summed E-state index contributed by atoms with van der Waals surface area (Å²) in [5.74, 6) is -0.124. The van der Waals surface area contributed by atoms with Crippen LogP contribution in [0.25, 0.3) is 0 Å². The van der Waals surface area contributed by atoms with Gasteiger partial charge in [0.2, 0.25) is 0 Å². The zero-order chi connectivity index (χ0) is 20.2. The smallest absolute Gasteiger partial charge is 0.344 e. The highest BCUT2D eigenvalue weighted by atomic mass is 16.5. The van der Waals surface area contributed by atoms with Gasteiger partial charge in [0.1, 0.15) is 11.3 Å². The minimum Gasteiger partial charge on any atom is -0.497 e. The van der Waals surface area contributed by atoms with E-state index in [9.17, 15) is 14.4 Å². The zero-order valence-electron chi connectivity index (χ0n) is 16.5. The van der Waals surface area contributed by atoms with E-state index in [2.05, 4.69) is 10.7 Å². The molecule has 27 heavy (non-hydrogen) atoms. The van der Waals surface area contributed by atoms with E-state index < -0.39 is 23.4 Å². The lowest BCUT2D eigenvalue weighted by Crippen LogP contribution is -2.51. The van der Waals surface area contributed by atoms with Gasteiger partial charge in [-0.25, -0.2) is 4.79 Å². The van der Waals surface area contributed by atoms with Gasteiger partial charge in [-0.05, 0) is 44.5 Å². The molecular weight excluding hydrogens is 348 g/mol. The topological polar surface area (TPSA) is 91.0 Å². The molecule has 0 spiro atoms. The number of hydrazine groups is 1. The van der Waals surface area contributed by atoms with Crippen LogP contribution in [0.5, 0.6) is 5.75 Å². The molecule has 1 heterocycles. The first kappa shape index (κ1) is 20.7. The summed E-state index contributed by atoms with van der Waals surface area (Å²) in [5, 5.41) is 3.38. The standard InChI is InChI=1S/C19H28N4O4/c1-6-19(4)17(25)23(18(26)20-19)21-16(24)12-22(7-2)13(3)14-9-8-10-15(11-14)27-5/h8-11,13H,6-7,12H2,1-5H3,(H,20,26)(H,21,24)/t13-,19+/m1/s1. The molecule has 1 saturated heterocycles. The number of nitrogens with one attached hydrogen (secondary N) is 2. The molecular formula is C19H28N4O4. The Kier molecular flexibility index (Phi) is 6.43. The third-order valence-electron chi connectivity index (χ3n) is 5.08. The van der Waals surface area contributed by atoms with Gasteiger partial charge < -0.3 is 10.1 Å². The first-order valence-corrected chi connectivity index (χ1v) is 9.09. The predicted molar refractivity (Wildman–Crippen MR) is 101 cm³/mol. The number of nitrogens with zero attached hydrogens (tertiary/aromatic N) is 2. The van der Waals surface area contributed by atoms with Crippen molar-refractivity contribution in [2.24, 2.45) is 0 Å². The Morgan fingerprint density at radius 1 is 1.37 bits per heavy atom. The van der Waals surface area contributed by atoms with Crippen LogP contribution in [-0.2, 0) is 9.59 Å². The van der Waals surface area contributed by atoms with Crippen LogP contribution in [-0.4, -0.2) is 53.5 Å². The van der Waals surface area contributed by atoms with E-state index in [0.29, 0.717) is 13.0 Å². The summed E-state index contributed by atoms with van der Waals surface area (Å²) in [6.45, 7) is 8.06. The van der Waals surface area contributed by atoms with Crippen LogP contribution >= 0.6 is 0 Å². The molecule has 8 heteroatoms. The number of benzene rings is 1. The Hall–Kier alpha value is -2.61. The van der Waals surface area contributed by atoms with Crippen LogP contribution < -0.4 is 15.5 Å². The third-order valence-corrected chi connectivity index (χ3v) is 5.08. The molecule has 0 unspecified atom stereocenters. The van der Waals surface area contributed by atoms with Crippen LogP contribution in [0.3, 0.4) is 0 Å². The van der Waals surface area contributed by atoms with Crippen LogP contribution in [0.15, 0.2) is 24.3 Å². The summed E-state index contributed by atoms with van der Waals surface area (Å²) in [6, 6.07) is 7.01. The van der Waals surface area contributed by atoms with E-state index in [4.69, 9.17) is 4.74 Å². The van der Waals surface area contributed by atoms with Gasteiger partial charge in [0.05, 0.1) is 13.7 Å². The number of imide groups is 1. The Balaban J connectivity index is 2.04. The third kappa shape index (κ3) is 4.39. The molecule has 2 N–H and O–H groups in total. The minimum atomic E-state index is -0.983. The summed E-state index contributed by atoms with van der Waals surface area (Å²) in [5.41, 5.74) is 2.46. The van der Waals surface area contributed by atoms with Crippen LogP contribution in [0, 0.1) is 0 Å². The van der Waals surface area contributed by atoms with Crippen molar-refractivity contribution < 1.29 is 19.1 Å². The summed E-state index contributed by atoms with van der Waals surface area (Å²) in [6.07, 6.45) is 0.442. The second kappa shape index (κ2) is 8.39. The fourth-order valence-corrected chi connectivity index (χ4v) is 3.00. The molecule has 0 radical (unpaired) electrons. The average Bonchev–Trinajstić information content (AvgIpc) is 2.89. The molecule has 0 aromatic heterocycles. The van der Waals surface area contributed by atoms with Gasteiger partial charge in [-0.3, -0.25) is 19.9 Å². The number of rotatable bonds is 8. The lowest BCUT2D eigenvalue weighted by molar-refractivity contribution is -0.139. The van der Waals surface area contributed by atoms with Gasteiger partial charge in [-0.2, -0.15) is 5.01 Å². The molecule has 1 aromatic carbocycles. The van der Waals surface area contributed by atoms with Gasteiger partial charge in [-0.15, -0.1) is 0 Å². The molecule has 1 fully saturated rings. The Bertz CT molecular complexity index is 723. The Labute approximate surface area is 159 Å². The first-order valence-electron chi connectivity index (χ1n) is 9.09. The lowest BCUT2D eigenvalue weighted by atomic mass is 10.00. The van der Waals surface area contributed by atoms with Crippen molar-refractivity contribution in [3.8, 4) is 5.75 Å². The molecule has 148 valence electrons. The zero-order valence-corrected chi connectivity index (χ0v) is 16.5. The van der Waals surface area contributed by atoms with Crippen LogP contribution in [0.2, 0.25) is 0 Å². The van der Waals surface area contributed by atoms with Crippen molar-refractivity contribution in [1.29, 1.82) is 0 Å². The highest BCUT2D eigenvalue weighted by molar-refractivity contribution is 6.07. The quantitative estimate of drug-likeness (QED) is 0.676. The van der Waals surface area contributed by atoms with Crippen molar-refractivity contribution in [2.45, 2.75) is 45.7 Å². The normalized spacial score (nSPS) is 20.6. The van der Waals surface area contributed by atoms with Crippen molar-refractivity contribution in [3.05, 3.63) is 29.8 Å². The molecule has 1 aliphatic rings. The van der Waals surface area contributed by atoms with Crippen molar-refractivity contribution in [3.63, 3.8) is 0 Å². The van der Waals surface area contributed by atoms with E-state index in [1.807, 2.05) is 43.0 Å². The molecule has 2 rings (SSSR count). The number of amides is 4. The van der Waals surface area contributed by atoms with E-state index in [1.54, 1.807) is 21.0 Å². The van der Waals surface area contributed by atoms with E-state index in [1.165, 1.54) is 0 Å². The highest BCUT2D eigenvalue weighted by Crippen LogP contribution is 2.24. The number of likely N-dealkylation sites (N-methyl/N-ethyl adjacent to an activating group) is 1. The lowest BCUT2D eigenvalue weighted by Gasteiger charge is -2.28. The number of carbonyl (C=O) groups excluding carboxylic acids is 3. The van der Waals surface area contributed by atoms with Gasteiger partial charge in [0.15, 0.2) is 0 Å². The number of urea groups is 1. The molecule has 0 saturated carbocycles. The fraction of sp³-hybridized carbons (Fsp3) is 0.526. The summed E-state index contributed by atoms with van der Waals surface area (Å²) in [4.78, 5) is 38.8. The molecule has 1 aromatic rings. The number of hydrogen-bond acceptors (Lipinski definition) is 5. The molecule has 4 amide bonds. The molecule has 2 atom stereocenters. The molecule has 0 bridgehead atoms. The second-order valence-electron chi connectivity index (χ2n) is 6.81. The largest absolute Gasteiger partial charge is 0.497 e. The van der Waals surface area contributed by atoms with E-state index in [0.717, 1.165) is 16.3 Å². The molecule has 8 nitrogen and oxygen atoms in total. The summed E-state index contributed by atoms with van der Waals surface area (Å²) >= 11 is 0. The minimum absolute atomic E-state index is 0.0418. The Morgan fingerprint density at radius 2 is 2.07 bits per heavy atom. The number of methoxy groups -OCH3 is 1. The van der Waals surface area contributed by atoms with E-state index in [-0.39, 0.29) is 12.6 Å². The fourth-order valence-electron chi connectivity index (χ4n) is 3.00. The first-order chi connectivity index (χ1) is 12.8. The summed E-state index contributed by atoms with van der Waals surface area (Å²) in [7, 11) is 1.61. The van der Waals surface area contributed by atoms with Crippen molar-refractivity contribution in [2.75, 3.05) is 20.2 Å².